The molecule has 0 saturated heterocycles. The maximum absolute atomic E-state index is 6.01. The number of halogens is 1. The van der Waals surface area contributed by atoms with Crippen molar-refractivity contribution in [1.82, 2.24) is 0 Å². The Kier molecular flexibility index (Phi) is 4.92. The molecule has 0 bridgehead atoms. The molecule has 0 atom stereocenters. The topological polar surface area (TPSA) is 35.2 Å². The van der Waals surface area contributed by atoms with Gasteiger partial charge in [0.2, 0.25) is 0 Å². The van der Waals surface area contributed by atoms with Crippen LogP contribution in [0.4, 0.5) is 5.69 Å². The summed E-state index contributed by atoms with van der Waals surface area (Å²) < 4.78 is 5.53. The fourth-order valence-electron chi connectivity index (χ4n) is 1.18. The normalized spacial score (nSPS) is 10.9. The molecule has 0 aliphatic rings. The Morgan fingerprint density at radius 1 is 1.40 bits per heavy atom. The molecule has 0 aromatic heterocycles. The van der Waals surface area contributed by atoms with Crippen LogP contribution in [-0.4, -0.2) is 6.61 Å². The van der Waals surface area contributed by atoms with E-state index in [1.54, 1.807) is 6.07 Å². The molecule has 0 heterocycles. The molecule has 3 heteroatoms. The molecule has 15 heavy (non-hydrogen) atoms. The number of hydrogen-bond acceptors (Lipinski definition) is 2. The lowest BCUT2D eigenvalue weighted by atomic mass is 10.1. The minimum Gasteiger partial charge on any atom is -0.399 e. The van der Waals surface area contributed by atoms with Crippen LogP contribution in [0.15, 0.2) is 18.2 Å². The molecular formula is C12H18ClNO. The van der Waals surface area contributed by atoms with Gasteiger partial charge in [-0.1, -0.05) is 31.5 Å². The lowest BCUT2D eigenvalue weighted by Crippen LogP contribution is -2.00. The minimum absolute atomic E-state index is 0.561. The van der Waals surface area contributed by atoms with Crippen molar-refractivity contribution in [3.05, 3.63) is 28.8 Å². The summed E-state index contributed by atoms with van der Waals surface area (Å²) in [5.74, 6) is 0.673. The molecule has 0 aliphatic heterocycles. The molecule has 2 nitrogen and oxygen atoms in total. The van der Waals surface area contributed by atoms with E-state index < -0.39 is 0 Å². The second-order valence-electron chi connectivity index (χ2n) is 4.09. The summed E-state index contributed by atoms with van der Waals surface area (Å²) in [6.07, 6.45) is 1.08. The van der Waals surface area contributed by atoms with Crippen molar-refractivity contribution < 1.29 is 4.74 Å². The van der Waals surface area contributed by atoms with E-state index in [1.807, 2.05) is 12.1 Å². The van der Waals surface area contributed by atoms with Crippen molar-refractivity contribution in [1.29, 1.82) is 0 Å². The Morgan fingerprint density at radius 3 is 2.73 bits per heavy atom. The Labute approximate surface area is 96.4 Å². The number of benzene rings is 1. The van der Waals surface area contributed by atoms with Crippen molar-refractivity contribution in [3.63, 3.8) is 0 Å². The van der Waals surface area contributed by atoms with Crippen LogP contribution < -0.4 is 5.73 Å². The highest BCUT2D eigenvalue weighted by molar-refractivity contribution is 6.31. The van der Waals surface area contributed by atoms with Crippen LogP contribution in [0.2, 0.25) is 5.02 Å². The molecule has 1 rings (SSSR count). The third-order valence-corrected chi connectivity index (χ3v) is 2.53. The highest BCUT2D eigenvalue weighted by Crippen LogP contribution is 2.19. The van der Waals surface area contributed by atoms with Crippen LogP contribution in [0, 0.1) is 5.92 Å². The molecule has 0 unspecified atom stereocenters. The Balaban J connectivity index is 2.37. The smallest absolute Gasteiger partial charge is 0.0731 e. The number of rotatable bonds is 5. The van der Waals surface area contributed by atoms with Crippen molar-refractivity contribution in [2.75, 3.05) is 12.3 Å². The largest absolute Gasteiger partial charge is 0.399 e. The van der Waals surface area contributed by atoms with Crippen LogP contribution in [0.1, 0.15) is 25.8 Å². The summed E-state index contributed by atoms with van der Waals surface area (Å²) in [6, 6.07) is 5.50. The first-order chi connectivity index (χ1) is 7.09. The van der Waals surface area contributed by atoms with E-state index >= 15 is 0 Å². The van der Waals surface area contributed by atoms with Gasteiger partial charge in [-0.15, -0.1) is 0 Å². The van der Waals surface area contributed by atoms with Gasteiger partial charge >= 0.3 is 0 Å². The zero-order valence-electron chi connectivity index (χ0n) is 9.29. The summed E-state index contributed by atoms with van der Waals surface area (Å²) in [6.45, 7) is 5.70. The van der Waals surface area contributed by atoms with E-state index in [2.05, 4.69) is 13.8 Å². The maximum atomic E-state index is 6.01. The van der Waals surface area contributed by atoms with E-state index in [-0.39, 0.29) is 0 Å². The summed E-state index contributed by atoms with van der Waals surface area (Å²) in [5.41, 5.74) is 7.28. The molecule has 0 radical (unpaired) electrons. The van der Waals surface area contributed by atoms with Gasteiger partial charge in [0.25, 0.3) is 0 Å². The Bertz CT molecular complexity index is 312. The minimum atomic E-state index is 0.561. The summed E-state index contributed by atoms with van der Waals surface area (Å²) >= 11 is 6.01. The van der Waals surface area contributed by atoms with Crippen LogP contribution in [0.3, 0.4) is 0 Å². The quantitative estimate of drug-likeness (QED) is 0.618. The van der Waals surface area contributed by atoms with E-state index in [0.717, 1.165) is 18.6 Å². The molecule has 0 amide bonds. The van der Waals surface area contributed by atoms with E-state index in [1.165, 1.54) is 0 Å². The number of ether oxygens (including phenoxy) is 1. The maximum Gasteiger partial charge on any atom is 0.0731 e. The average Bonchev–Trinajstić information content (AvgIpc) is 2.14. The van der Waals surface area contributed by atoms with Crippen molar-refractivity contribution in [2.45, 2.75) is 26.9 Å². The molecule has 1 aromatic carbocycles. The Morgan fingerprint density at radius 2 is 2.13 bits per heavy atom. The Hall–Kier alpha value is -0.730. The lowest BCUT2D eigenvalue weighted by Gasteiger charge is -2.08. The van der Waals surface area contributed by atoms with Gasteiger partial charge in [-0.3, -0.25) is 0 Å². The van der Waals surface area contributed by atoms with Crippen molar-refractivity contribution in [2.24, 2.45) is 5.92 Å². The van der Waals surface area contributed by atoms with Gasteiger partial charge in [0.05, 0.1) is 6.61 Å². The van der Waals surface area contributed by atoms with Gasteiger partial charge in [0.1, 0.15) is 0 Å². The van der Waals surface area contributed by atoms with Crippen LogP contribution in [0.25, 0.3) is 0 Å². The van der Waals surface area contributed by atoms with Gasteiger partial charge < -0.3 is 10.5 Å². The molecule has 0 aliphatic carbocycles. The van der Waals surface area contributed by atoms with Crippen LogP contribution >= 0.6 is 11.6 Å². The summed E-state index contributed by atoms with van der Waals surface area (Å²) in [7, 11) is 0. The lowest BCUT2D eigenvalue weighted by molar-refractivity contribution is 0.111. The molecule has 0 saturated carbocycles. The summed E-state index contributed by atoms with van der Waals surface area (Å²) in [5, 5.41) is 0.680. The first kappa shape index (κ1) is 12.3. The highest BCUT2D eigenvalue weighted by atomic mass is 35.5. The van der Waals surface area contributed by atoms with Gasteiger partial charge in [0, 0.05) is 17.3 Å². The standard InChI is InChI=1S/C12H18ClNO/c1-9(2)5-6-15-8-10-3-4-11(14)7-12(10)13/h3-4,7,9H,5-6,8,14H2,1-2H3. The van der Waals surface area contributed by atoms with Gasteiger partial charge in [0.15, 0.2) is 0 Å². The number of anilines is 1. The number of nitrogens with two attached hydrogens (primary N) is 1. The zero-order chi connectivity index (χ0) is 11.3. The molecule has 0 fully saturated rings. The summed E-state index contributed by atoms with van der Waals surface area (Å²) in [4.78, 5) is 0. The van der Waals surface area contributed by atoms with Gasteiger partial charge in [-0.2, -0.15) is 0 Å². The van der Waals surface area contributed by atoms with E-state index in [0.29, 0.717) is 23.2 Å². The first-order valence-electron chi connectivity index (χ1n) is 5.21. The van der Waals surface area contributed by atoms with Crippen molar-refractivity contribution in [3.8, 4) is 0 Å². The second kappa shape index (κ2) is 5.99. The molecule has 2 N–H and O–H groups in total. The third kappa shape index (κ3) is 4.54. The fraction of sp³-hybridized carbons (Fsp3) is 0.500. The molecule has 1 aromatic rings. The fourth-order valence-corrected chi connectivity index (χ4v) is 1.43. The monoisotopic (exact) mass is 227 g/mol. The van der Waals surface area contributed by atoms with Gasteiger partial charge in [-0.05, 0) is 30.0 Å². The number of nitrogen functional groups attached to an aromatic ring is 1. The van der Waals surface area contributed by atoms with E-state index in [4.69, 9.17) is 22.1 Å². The average molecular weight is 228 g/mol. The zero-order valence-corrected chi connectivity index (χ0v) is 10.1. The first-order valence-corrected chi connectivity index (χ1v) is 5.59. The SMILES string of the molecule is CC(C)CCOCc1ccc(N)cc1Cl. The molecule has 0 spiro atoms. The third-order valence-electron chi connectivity index (χ3n) is 2.17. The molecular weight excluding hydrogens is 210 g/mol. The second-order valence-corrected chi connectivity index (χ2v) is 4.49. The van der Waals surface area contributed by atoms with E-state index in [9.17, 15) is 0 Å². The highest BCUT2D eigenvalue weighted by Gasteiger charge is 2.01. The number of hydrogen-bond donors (Lipinski definition) is 1. The van der Waals surface area contributed by atoms with Gasteiger partial charge in [-0.25, -0.2) is 0 Å². The van der Waals surface area contributed by atoms with Crippen molar-refractivity contribution >= 4 is 17.3 Å². The predicted molar refractivity (Wildman–Crippen MR) is 65.0 cm³/mol. The van der Waals surface area contributed by atoms with Crippen LogP contribution in [0.5, 0.6) is 0 Å². The predicted octanol–water partition coefficient (Wildman–Crippen LogP) is 3.48. The molecule has 84 valence electrons. The van der Waals surface area contributed by atoms with Crippen LogP contribution in [-0.2, 0) is 11.3 Å².